The highest BCUT2D eigenvalue weighted by atomic mass is 35.5. The lowest BCUT2D eigenvalue weighted by Crippen LogP contribution is -2.07. The van der Waals surface area contributed by atoms with E-state index in [0.717, 1.165) is 19.2 Å². The number of hydrogen-bond acceptors (Lipinski definition) is 4. The lowest BCUT2D eigenvalue weighted by atomic mass is 10.1. The molecule has 1 aromatic carbocycles. The molecule has 0 saturated heterocycles. The van der Waals surface area contributed by atoms with E-state index in [2.05, 4.69) is 9.47 Å². The topological polar surface area (TPSA) is 59.3 Å². The highest BCUT2D eigenvalue weighted by molar-refractivity contribution is 6.32. The quantitative estimate of drug-likeness (QED) is 0.785. The van der Waals surface area contributed by atoms with Gasteiger partial charge in [0, 0.05) is 6.07 Å². The summed E-state index contributed by atoms with van der Waals surface area (Å²) in [7, 11) is 1.13. The second-order valence-electron chi connectivity index (χ2n) is 2.81. The Hall–Kier alpha value is -1.87. The molecule has 0 fully saturated rings. The Balaban J connectivity index is 3.26. The molecule has 0 aliphatic carbocycles. The number of alkyl halides is 2. The van der Waals surface area contributed by atoms with Gasteiger partial charge in [-0.25, -0.2) is 4.79 Å². The predicted octanol–water partition coefficient (Wildman–Crippen LogP) is 2.60. The minimum Gasteiger partial charge on any atom is -0.465 e. The van der Waals surface area contributed by atoms with Crippen molar-refractivity contribution in [1.29, 1.82) is 5.26 Å². The molecule has 7 heteroatoms. The maximum atomic E-state index is 12.0. The molecule has 0 atom stereocenters. The van der Waals surface area contributed by atoms with Gasteiger partial charge >= 0.3 is 12.6 Å². The van der Waals surface area contributed by atoms with Crippen molar-refractivity contribution in [3.8, 4) is 11.8 Å². The predicted molar refractivity (Wildman–Crippen MR) is 54.1 cm³/mol. The van der Waals surface area contributed by atoms with Crippen LogP contribution in [0.15, 0.2) is 12.1 Å². The Kier molecular flexibility index (Phi) is 4.24. The Morgan fingerprint density at radius 1 is 1.53 bits per heavy atom. The SMILES string of the molecule is COC(=O)c1cc(Cl)c(OC(F)F)cc1C#N. The first-order valence-electron chi connectivity index (χ1n) is 4.26. The van der Waals surface area contributed by atoms with Crippen molar-refractivity contribution in [1.82, 2.24) is 0 Å². The summed E-state index contributed by atoms with van der Waals surface area (Å²) in [4.78, 5) is 11.3. The maximum absolute atomic E-state index is 12.0. The number of nitrogens with zero attached hydrogens (tertiary/aromatic N) is 1. The number of ether oxygens (including phenoxy) is 2. The van der Waals surface area contributed by atoms with Gasteiger partial charge in [0.05, 0.1) is 23.3 Å². The van der Waals surface area contributed by atoms with Crippen LogP contribution in [0.2, 0.25) is 5.02 Å². The van der Waals surface area contributed by atoms with Gasteiger partial charge in [-0.2, -0.15) is 14.0 Å². The number of carbonyl (C=O) groups is 1. The summed E-state index contributed by atoms with van der Waals surface area (Å²) in [6, 6.07) is 3.67. The lowest BCUT2D eigenvalue weighted by molar-refractivity contribution is -0.0497. The molecule has 4 nitrogen and oxygen atoms in total. The van der Waals surface area contributed by atoms with Gasteiger partial charge in [-0.3, -0.25) is 0 Å². The molecule has 0 spiro atoms. The van der Waals surface area contributed by atoms with E-state index in [-0.39, 0.29) is 21.9 Å². The van der Waals surface area contributed by atoms with Crippen LogP contribution in [0, 0.1) is 11.3 Å². The third-order valence-corrected chi connectivity index (χ3v) is 2.11. The second kappa shape index (κ2) is 5.46. The lowest BCUT2D eigenvalue weighted by Gasteiger charge is -2.09. The summed E-state index contributed by atoms with van der Waals surface area (Å²) in [6.45, 7) is -3.07. The van der Waals surface area contributed by atoms with E-state index in [9.17, 15) is 13.6 Å². The van der Waals surface area contributed by atoms with Gasteiger partial charge in [0.1, 0.15) is 11.8 Å². The smallest absolute Gasteiger partial charge is 0.387 e. The standard InChI is InChI=1S/C10H6ClF2NO3/c1-16-9(15)6-3-7(11)8(17-10(12)13)2-5(6)4-14/h2-3,10H,1H3. The van der Waals surface area contributed by atoms with Gasteiger partial charge in [-0.15, -0.1) is 0 Å². The summed E-state index contributed by atoms with van der Waals surface area (Å²) in [5, 5.41) is 8.56. The van der Waals surface area contributed by atoms with Crippen molar-refractivity contribution >= 4 is 17.6 Å². The zero-order valence-electron chi connectivity index (χ0n) is 8.54. The number of esters is 1. The summed E-state index contributed by atoms with van der Waals surface area (Å²) in [5.74, 6) is -1.15. The molecule has 0 N–H and O–H groups in total. The number of hydrogen-bond donors (Lipinski definition) is 0. The van der Waals surface area contributed by atoms with Crippen molar-refractivity contribution in [2.45, 2.75) is 6.61 Å². The van der Waals surface area contributed by atoms with Crippen molar-refractivity contribution in [3.63, 3.8) is 0 Å². The normalized spacial score (nSPS) is 9.88. The monoisotopic (exact) mass is 261 g/mol. The Bertz CT molecular complexity index is 485. The summed E-state index contributed by atoms with van der Waals surface area (Å²) in [6.07, 6.45) is 0. The Labute approximate surface area is 100 Å². The minimum atomic E-state index is -3.07. The zero-order valence-corrected chi connectivity index (χ0v) is 9.29. The molecule has 0 heterocycles. The van der Waals surface area contributed by atoms with Crippen LogP contribution < -0.4 is 4.74 Å². The Morgan fingerprint density at radius 3 is 2.65 bits per heavy atom. The van der Waals surface area contributed by atoms with Crippen LogP contribution in [0.1, 0.15) is 15.9 Å². The highest BCUT2D eigenvalue weighted by Gasteiger charge is 2.17. The fourth-order valence-electron chi connectivity index (χ4n) is 1.11. The van der Waals surface area contributed by atoms with E-state index >= 15 is 0 Å². The third kappa shape index (κ3) is 3.04. The molecule has 0 aliphatic heterocycles. The molecular formula is C10H6ClF2NO3. The minimum absolute atomic E-state index is 0.110. The molecule has 0 aliphatic rings. The number of methoxy groups -OCH3 is 1. The van der Waals surface area contributed by atoms with Gasteiger partial charge in [0.25, 0.3) is 0 Å². The van der Waals surface area contributed by atoms with Crippen LogP contribution in [-0.2, 0) is 4.74 Å². The van der Waals surface area contributed by atoms with Gasteiger partial charge in [0.2, 0.25) is 0 Å². The van der Waals surface area contributed by atoms with Crippen molar-refractivity contribution in [2.24, 2.45) is 0 Å². The molecule has 0 aromatic heterocycles. The number of rotatable bonds is 3. The fourth-order valence-corrected chi connectivity index (χ4v) is 1.32. The molecule has 1 rings (SSSR count). The fraction of sp³-hybridized carbons (Fsp3) is 0.200. The summed E-state index contributed by atoms with van der Waals surface area (Å²) >= 11 is 5.63. The molecule has 0 radical (unpaired) electrons. The first kappa shape index (κ1) is 13.2. The second-order valence-corrected chi connectivity index (χ2v) is 3.22. The number of halogens is 3. The Morgan fingerprint density at radius 2 is 2.18 bits per heavy atom. The first-order valence-corrected chi connectivity index (χ1v) is 4.64. The van der Waals surface area contributed by atoms with E-state index < -0.39 is 12.6 Å². The molecule has 1 aromatic rings. The van der Waals surface area contributed by atoms with Gasteiger partial charge < -0.3 is 9.47 Å². The molecular weight excluding hydrogens is 256 g/mol. The first-order chi connectivity index (χ1) is 7.99. The zero-order chi connectivity index (χ0) is 13.0. The molecule has 17 heavy (non-hydrogen) atoms. The van der Waals surface area contributed by atoms with Crippen molar-refractivity contribution < 1.29 is 23.0 Å². The van der Waals surface area contributed by atoms with Crippen molar-refractivity contribution in [3.05, 3.63) is 28.3 Å². The van der Waals surface area contributed by atoms with Crippen molar-refractivity contribution in [2.75, 3.05) is 7.11 Å². The van der Waals surface area contributed by atoms with E-state index in [4.69, 9.17) is 16.9 Å². The number of carbonyl (C=O) groups excluding carboxylic acids is 1. The number of nitriles is 1. The van der Waals surface area contributed by atoms with Gasteiger partial charge in [-0.1, -0.05) is 11.6 Å². The highest BCUT2D eigenvalue weighted by Crippen LogP contribution is 2.29. The molecule has 0 unspecified atom stereocenters. The van der Waals surface area contributed by atoms with E-state index in [1.807, 2.05) is 0 Å². The van der Waals surface area contributed by atoms with Crippen LogP contribution in [0.5, 0.6) is 5.75 Å². The number of benzene rings is 1. The summed E-state index contributed by atoms with van der Waals surface area (Å²) < 4.78 is 32.5. The van der Waals surface area contributed by atoms with Crippen LogP contribution in [0.25, 0.3) is 0 Å². The van der Waals surface area contributed by atoms with Gasteiger partial charge in [0.15, 0.2) is 0 Å². The third-order valence-electron chi connectivity index (χ3n) is 1.81. The molecule has 0 amide bonds. The van der Waals surface area contributed by atoms with E-state index in [0.29, 0.717) is 0 Å². The molecule has 0 bridgehead atoms. The average molecular weight is 262 g/mol. The van der Waals surface area contributed by atoms with Gasteiger partial charge in [-0.05, 0) is 6.07 Å². The largest absolute Gasteiger partial charge is 0.465 e. The summed E-state index contributed by atoms with van der Waals surface area (Å²) in [5.41, 5.74) is -0.265. The van der Waals surface area contributed by atoms with E-state index in [1.54, 1.807) is 6.07 Å². The molecule has 0 saturated carbocycles. The molecule has 90 valence electrons. The van der Waals surface area contributed by atoms with Crippen LogP contribution >= 0.6 is 11.6 Å². The van der Waals surface area contributed by atoms with Crippen LogP contribution in [0.4, 0.5) is 8.78 Å². The van der Waals surface area contributed by atoms with Crippen LogP contribution in [0.3, 0.4) is 0 Å². The maximum Gasteiger partial charge on any atom is 0.387 e. The van der Waals surface area contributed by atoms with E-state index in [1.165, 1.54) is 0 Å². The average Bonchev–Trinajstić information content (AvgIpc) is 2.29. The van der Waals surface area contributed by atoms with Crippen LogP contribution in [-0.4, -0.2) is 19.7 Å².